The number of nitrogens with one attached hydrogen (secondary N) is 1. The van der Waals surface area contributed by atoms with E-state index in [0.29, 0.717) is 13.0 Å². The summed E-state index contributed by atoms with van der Waals surface area (Å²) in [6, 6.07) is 1.26. The molecule has 3 heterocycles. The molecule has 5 atom stereocenters. The van der Waals surface area contributed by atoms with Gasteiger partial charge in [-0.15, -0.1) is 0 Å². The highest BCUT2D eigenvalue weighted by Gasteiger charge is 2.55. The normalized spacial score (nSPS) is 30.9. The summed E-state index contributed by atoms with van der Waals surface area (Å²) in [4.78, 5) is 37.8. The Labute approximate surface area is 181 Å². The smallest absolute Gasteiger partial charge is 0.330 e. The third kappa shape index (κ3) is 5.43. The van der Waals surface area contributed by atoms with Crippen molar-refractivity contribution in [2.75, 3.05) is 13.2 Å². The average Bonchev–Trinajstić information content (AvgIpc) is 2.89. The molecule has 0 aromatic carbocycles. The predicted molar refractivity (Wildman–Crippen MR) is 111 cm³/mol. The lowest BCUT2D eigenvalue weighted by Gasteiger charge is -2.37. The van der Waals surface area contributed by atoms with Crippen LogP contribution in [0.4, 0.5) is 0 Å². The fraction of sp³-hybridized carbons (Fsp3) is 0.762. The minimum atomic E-state index is -0.880. The summed E-state index contributed by atoms with van der Waals surface area (Å²) in [5, 5.41) is 0. The summed E-state index contributed by atoms with van der Waals surface area (Å²) >= 11 is 0. The zero-order valence-corrected chi connectivity index (χ0v) is 18.8. The van der Waals surface area contributed by atoms with Gasteiger partial charge in [-0.1, -0.05) is 13.8 Å². The van der Waals surface area contributed by atoms with Gasteiger partial charge in [0.15, 0.2) is 12.5 Å². The van der Waals surface area contributed by atoms with Crippen molar-refractivity contribution in [3.05, 3.63) is 33.1 Å². The molecule has 1 aromatic heterocycles. The van der Waals surface area contributed by atoms with E-state index in [9.17, 15) is 14.4 Å². The summed E-state index contributed by atoms with van der Waals surface area (Å²) in [7, 11) is 0. The summed E-state index contributed by atoms with van der Waals surface area (Å²) in [6.07, 6.45) is 0.415. The molecule has 0 radical (unpaired) electrons. The molecule has 3 N–H and O–H groups in total. The quantitative estimate of drug-likeness (QED) is 0.598. The fourth-order valence-corrected chi connectivity index (χ4v) is 4.19. The van der Waals surface area contributed by atoms with Crippen molar-refractivity contribution in [2.24, 2.45) is 17.1 Å². The average molecular weight is 440 g/mol. The SMILES string of the molecule is CC(C)OC(=O)CC(C)(C)CO[C@H]1C[C@@H]2[C@@H](CO1)O[C@@H](n1ccc(=O)[nH]c1=O)[C@]2(C)N. The summed E-state index contributed by atoms with van der Waals surface area (Å²) < 4.78 is 24.4. The maximum absolute atomic E-state index is 12.2. The Balaban J connectivity index is 1.63. The summed E-state index contributed by atoms with van der Waals surface area (Å²) in [6.45, 7) is 9.91. The summed E-state index contributed by atoms with van der Waals surface area (Å²) in [5.74, 6) is -0.384. The highest BCUT2D eigenvalue weighted by molar-refractivity contribution is 5.70. The van der Waals surface area contributed by atoms with E-state index in [1.807, 2.05) is 34.6 Å². The van der Waals surface area contributed by atoms with Gasteiger partial charge in [-0.3, -0.25) is 19.1 Å². The molecule has 0 bridgehead atoms. The van der Waals surface area contributed by atoms with E-state index in [0.717, 1.165) is 0 Å². The van der Waals surface area contributed by atoms with Gasteiger partial charge < -0.3 is 24.7 Å². The van der Waals surface area contributed by atoms with Gasteiger partial charge in [-0.25, -0.2) is 4.79 Å². The Hall–Kier alpha value is -2.01. The highest BCUT2D eigenvalue weighted by atomic mass is 16.7. The van der Waals surface area contributed by atoms with Gasteiger partial charge in [-0.05, 0) is 26.2 Å². The molecule has 2 saturated heterocycles. The number of carbonyl (C=O) groups excluding carboxylic acids is 1. The van der Waals surface area contributed by atoms with Gasteiger partial charge in [0, 0.05) is 24.6 Å². The van der Waals surface area contributed by atoms with E-state index in [1.165, 1.54) is 16.8 Å². The second-order valence-corrected chi connectivity index (χ2v) is 9.71. The molecule has 31 heavy (non-hydrogen) atoms. The molecule has 0 aliphatic carbocycles. The van der Waals surface area contributed by atoms with Crippen LogP contribution in [0.25, 0.3) is 0 Å². The highest BCUT2D eigenvalue weighted by Crippen LogP contribution is 2.45. The Morgan fingerprint density at radius 3 is 2.77 bits per heavy atom. The Kier molecular flexibility index (Phi) is 6.75. The van der Waals surface area contributed by atoms with E-state index >= 15 is 0 Å². The number of ether oxygens (including phenoxy) is 4. The molecule has 0 saturated carbocycles. The third-order valence-corrected chi connectivity index (χ3v) is 5.73. The molecule has 10 nitrogen and oxygen atoms in total. The number of aromatic nitrogens is 2. The molecule has 0 unspecified atom stereocenters. The lowest BCUT2D eigenvalue weighted by Crippen LogP contribution is -2.53. The van der Waals surface area contributed by atoms with E-state index < -0.39 is 34.7 Å². The standard InChI is InChI=1S/C21H33N3O7/c1-12(2)30-16(26)9-20(3,4)11-29-17-8-13-14(10-28-17)31-18(21(13,5)22)24-7-6-15(25)23-19(24)27/h6-7,12-14,17-18H,8-11,22H2,1-5H3,(H,23,25,27)/t13-,14-,17+,18-,21-/m1/s1. The van der Waals surface area contributed by atoms with Gasteiger partial charge in [0.2, 0.25) is 0 Å². The molecule has 2 aliphatic rings. The van der Waals surface area contributed by atoms with Crippen LogP contribution in [0.5, 0.6) is 0 Å². The second kappa shape index (κ2) is 8.85. The lowest BCUT2D eigenvalue weighted by atomic mass is 9.80. The first-order valence-corrected chi connectivity index (χ1v) is 10.6. The van der Waals surface area contributed by atoms with Gasteiger partial charge in [0.25, 0.3) is 5.56 Å². The minimum absolute atomic E-state index is 0.121. The number of esters is 1. The van der Waals surface area contributed by atoms with Crippen molar-refractivity contribution in [1.82, 2.24) is 9.55 Å². The third-order valence-electron chi connectivity index (χ3n) is 5.73. The number of nitrogens with zero attached hydrogens (tertiary/aromatic N) is 1. The number of H-pyrrole nitrogens is 1. The van der Waals surface area contributed by atoms with Crippen LogP contribution in [0.2, 0.25) is 0 Å². The largest absolute Gasteiger partial charge is 0.463 e. The molecule has 0 spiro atoms. The molecule has 0 amide bonds. The molecule has 2 fully saturated rings. The zero-order chi connectivity index (χ0) is 23.0. The molecular weight excluding hydrogens is 406 g/mol. The molecule has 1 aromatic rings. The number of fused-ring (bicyclic) bond motifs is 1. The van der Waals surface area contributed by atoms with Crippen molar-refractivity contribution in [1.29, 1.82) is 0 Å². The number of hydrogen-bond donors (Lipinski definition) is 2. The van der Waals surface area contributed by atoms with Crippen molar-refractivity contribution in [3.63, 3.8) is 0 Å². The minimum Gasteiger partial charge on any atom is -0.463 e. The van der Waals surface area contributed by atoms with Gasteiger partial charge >= 0.3 is 11.7 Å². The number of aromatic amines is 1. The molecule has 2 aliphatic heterocycles. The molecular formula is C21H33N3O7. The first-order chi connectivity index (χ1) is 14.4. The second-order valence-electron chi connectivity index (χ2n) is 9.71. The van der Waals surface area contributed by atoms with Gasteiger partial charge in [-0.2, -0.15) is 0 Å². The molecule has 3 rings (SSSR count). The predicted octanol–water partition coefficient (Wildman–Crippen LogP) is 0.899. The Morgan fingerprint density at radius 2 is 2.13 bits per heavy atom. The fourth-order valence-electron chi connectivity index (χ4n) is 4.19. The first kappa shape index (κ1) is 23.6. The molecule has 10 heteroatoms. The van der Waals surface area contributed by atoms with Crippen LogP contribution in [0.3, 0.4) is 0 Å². The van der Waals surface area contributed by atoms with Crippen molar-refractivity contribution >= 4 is 5.97 Å². The number of carbonyl (C=O) groups is 1. The van der Waals surface area contributed by atoms with Crippen LogP contribution in [0.15, 0.2) is 21.9 Å². The number of nitrogens with two attached hydrogens (primary N) is 1. The van der Waals surface area contributed by atoms with Crippen LogP contribution in [-0.2, 0) is 23.7 Å². The Bertz CT molecular complexity index is 905. The van der Waals surface area contributed by atoms with Gasteiger partial charge in [0.05, 0.1) is 37.4 Å². The van der Waals surface area contributed by atoms with Gasteiger partial charge in [0.1, 0.15) is 0 Å². The van der Waals surface area contributed by atoms with E-state index in [1.54, 1.807) is 0 Å². The summed E-state index contributed by atoms with van der Waals surface area (Å²) in [5.41, 5.74) is 4.27. The van der Waals surface area contributed by atoms with Crippen LogP contribution in [-0.4, -0.2) is 52.8 Å². The Morgan fingerprint density at radius 1 is 1.42 bits per heavy atom. The monoisotopic (exact) mass is 439 g/mol. The number of rotatable bonds is 7. The van der Waals surface area contributed by atoms with Crippen LogP contribution in [0.1, 0.15) is 53.7 Å². The van der Waals surface area contributed by atoms with E-state index in [2.05, 4.69) is 4.98 Å². The van der Waals surface area contributed by atoms with Crippen molar-refractivity contribution in [3.8, 4) is 0 Å². The zero-order valence-electron chi connectivity index (χ0n) is 18.8. The van der Waals surface area contributed by atoms with Crippen LogP contribution >= 0.6 is 0 Å². The van der Waals surface area contributed by atoms with Crippen molar-refractivity contribution < 1.29 is 23.7 Å². The van der Waals surface area contributed by atoms with E-state index in [4.69, 9.17) is 24.7 Å². The van der Waals surface area contributed by atoms with Crippen LogP contribution < -0.4 is 17.0 Å². The molecule has 174 valence electrons. The van der Waals surface area contributed by atoms with Crippen LogP contribution in [0, 0.1) is 11.3 Å². The lowest BCUT2D eigenvalue weighted by molar-refractivity contribution is -0.212. The first-order valence-electron chi connectivity index (χ1n) is 10.6. The topological polar surface area (TPSA) is 135 Å². The number of hydrogen-bond acceptors (Lipinski definition) is 8. The maximum Gasteiger partial charge on any atom is 0.330 e. The van der Waals surface area contributed by atoms with Crippen molar-refractivity contribution in [2.45, 2.75) is 77.7 Å². The van der Waals surface area contributed by atoms with E-state index in [-0.39, 0.29) is 37.1 Å². The maximum atomic E-state index is 12.2.